The SMILES string of the molecule is CCc1cc(NC(=O)NCC[C@@H](CO)N2CC(Sc3ccc(Cl)cc3)C2)on1. The highest BCUT2D eigenvalue weighted by Gasteiger charge is 2.32. The highest BCUT2D eigenvalue weighted by Crippen LogP contribution is 2.31. The fraction of sp³-hybridized carbons (Fsp3) is 0.474. The van der Waals surface area contributed by atoms with Crippen molar-refractivity contribution in [3.05, 3.63) is 41.0 Å². The molecule has 28 heavy (non-hydrogen) atoms. The Bertz CT molecular complexity index is 765. The Hall–Kier alpha value is -1.74. The van der Waals surface area contributed by atoms with Gasteiger partial charge in [0.15, 0.2) is 0 Å². The zero-order chi connectivity index (χ0) is 19.9. The van der Waals surface area contributed by atoms with E-state index in [4.69, 9.17) is 16.1 Å². The molecule has 2 amide bonds. The summed E-state index contributed by atoms with van der Waals surface area (Å²) in [6.07, 6.45) is 1.43. The number of anilines is 1. The fourth-order valence-corrected chi connectivity index (χ4v) is 4.32. The van der Waals surface area contributed by atoms with Gasteiger partial charge in [-0.3, -0.25) is 10.2 Å². The number of hydrogen-bond donors (Lipinski definition) is 3. The van der Waals surface area contributed by atoms with Gasteiger partial charge in [0.2, 0.25) is 5.88 Å². The van der Waals surface area contributed by atoms with Crippen LogP contribution in [0.1, 0.15) is 19.0 Å². The van der Waals surface area contributed by atoms with Crippen LogP contribution >= 0.6 is 23.4 Å². The van der Waals surface area contributed by atoms with Gasteiger partial charge in [0.25, 0.3) is 0 Å². The van der Waals surface area contributed by atoms with Crippen LogP contribution in [-0.4, -0.2) is 58.7 Å². The van der Waals surface area contributed by atoms with Crippen LogP contribution in [0.15, 0.2) is 39.8 Å². The van der Waals surface area contributed by atoms with Crippen LogP contribution in [0.5, 0.6) is 0 Å². The average Bonchev–Trinajstić information content (AvgIpc) is 3.11. The van der Waals surface area contributed by atoms with E-state index in [2.05, 4.69) is 20.7 Å². The highest BCUT2D eigenvalue weighted by molar-refractivity contribution is 8.00. The molecule has 1 aliphatic heterocycles. The van der Waals surface area contributed by atoms with Gasteiger partial charge in [0.1, 0.15) is 0 Å². The second kappa shape index (κ2) is 10.2. The summed E-state index contributed by atoms with van der Waals surface area (Å²) in [4.78, 5) is 15.4. The van der Waals surface area contributed by atoms with Gasteiger partial charge in [-0.05, 0) is 37.1 Å². The van der Waals surface area contributed by atoms with Crippen LogP contribution in [0.25, 0.3) is 0 Å². The van der Waals surface area contributed by atoms with Gasteiger partial charge in [-0.25, -0.2) is 4.79 Å². The van der Waals surface area contributed by atoms with Crippen molar-refractivity contribution in [2.75, 3.05) is 31.6 Å². The maximum atomic E-state index is 11.9. The molecule has 2 heterocycles. The predicted molar refractivity (Wildman–Crippen MR) is 111 cm³/mol. The number of benzene rings is 1. The zero-order valence-electron chi connectivity index (χ0n) is 15.7. The molecule has 1 aromatic heterocycles. The highest BCUT2D eigenvalue weighted by atomic mass is 35.5. The maximum Gasteiger partial charge on any atom is 0.321 e. The van der Waals surface area contributed by atoms with Crippen LogP contribution in [0.4, 0.5) is 10.7 Å². The van der Waals surface area contributed by atoms with E-state index in [1.54, 1.807) is 6.07 Å². The molecule has 1 aliphatic rings. The van der Waals surface area contributed by atoms with Crippen LogP contribution < -0.4 is 10.6 Å². The van der Waals surface area contributed by atoms with Crippen molar-refractivity contribution in [3.63, 3.8) is 0 Å². The van der Waals surface area contributed by atoms with Gasteiger partial charge >= 0.3 is 6.03 Å². The Balaban J connectivity index is 1.34. The van der Waals surface area contributed by atoms with Crippen LogP contribution in [0.2, 0.25) is 5.02 Å². The van der Waals surface area contributed by atoms with Gasteiger partial charge in [-0.2, -0.15) is 0 Å². The molecule has 1 fully saturated rings. The van der Waals surface area contributed by atoms with Gasteiger partial charge < -0.3 is 14.9 Å². The molecule has 0 unspecified atom stereocenters. The first-order valence-corrected chi connectivity index (χ1v) is 10.6. The number of nitrogens with zero attached hydrogens (tertiary/aromatic N) is 2. The van der Waals surface area contributed by atoms with Gasteiger partial charge in [-0.1, -0.05) is 23.7 Å². The summed E-state index contributed by atoms with van der Waals surface area (Å²) in [5, 5.41) is 20.2. The van der Waals surface area contributed by atoms with E-state index >= 15 is 0 Å². The number of halogens is 1. The van der Waals surface area contributed by atoms with Crippen molar-refractivity contribution in [2.45, 2.75) is 36.0 Å². The predicted octanol–water partition coefficient (Wildman–Crippen LogP) is 3.24. The Morgan fingerprint density at radius 2 is 2.18 bits per heavy atom. The smallest absolute Gasteiger partial charge is 0.321 e. The summed E-state index contributed by atoms with van der Waals surface area (Å²) in [5.41, 5.74) is 0.791. The molecule has 9 heteroatoms. The van der Waals surface area contributed by atoms with E-state index in [1.165, 1.54) is 4.90 Å². The average molecular weight is 425 g/mol. The van der Waals surface area contributed by atoms with E-state index in [1.807, 2.05) is 43.0 Å². The molecular weight excluding hydrogens is 400 g/mol. The lowest BCUT2D eigenvalue weighted by Gasteiger charge is -2.43. The number of urea groups is 1. The van der Waals surface area contributed by atoms with E-state index in [0.29, 0.717) is 24.1 Å². The largest absolute Gasteiger partial charge is 0.395 e. The third-order valence-electron chi connectivity index (χ3n) is 4.64. The van der Waals surface area contributed by atoms with Gasteiger partial charge in [0, 0.05) is 46.9 Å². The summed E-state index contributed by atoms with van der Waals surface area (Å²) >= 11 is 7.74. The second-order valence-electron chi connectivity index (χ2n) is 6.69. The summed E-state index contributed by atoms with van der Waals surface area (Å²) in [5.74, 6) is 0.331. The minimum Gasteiger partial charge on any atom is -0.395 e. The minimum absolute atomic E-state index is 0.0411. The number of thioether (sulfide) groups is 1. The van der Waals surface area contributed by atoms with E-state index in [0.717, 1.165) is 30.2 Å². The Labute approximate surface area is 173 Å². The summed E-state index contributed by atoms with van der Waals surface area (Å²) < 4.78 is 5.03. The first-order chi connectivity index (χ1) is 13.6. The first kappa shape index (κ1) is 21.0. The molecule has 0 spiro atoms. The van der Waals surface area contributed by atoms with Crippen molar-refractivity contribution in [3.8, 4) is 0 Å². The maximum absolute atomic E-state index is 11.9. The number of amides is 2. The fourth-order valence-electron chi connectivity index (χ4n) is 2.98. The Morgan fingerprint density at radius 3 is 2.82 bits per heavy atom. The molecule has 7 nitrogen and oxygen atoms in total. The number of likely N-dealkylation sites (tertiary alicyclic amines) is 1. The number of aliphatic hydroxyl groups excluding tert-OH is 1. The molecule has 0 aliphatic carbocycles. The number of rotatable bonds is 9. The van der Waals surface area contributed by atoms with Crippen LogP contribution in [0, 0.1) is 0 Å². The molecule has 3 N–H and O–H groups in total. The first-order valence-electron chi connectivity index (χ1n) is 9.35. The van der Waals surface area contributed by atoms with Crippen molar-refractivity contribution >= 4 is 35.3 Å². The van der Waals surface area contributed by atoms with Crippen LogP contribution in [0.3, 0.4) is 0 Å². The van der Waals surface area contributed by atoms with E-state index in [-0.39, 0.29) is 18.7 Å². The normalized spacial score (nSPS) is 15.8. The number of carbonyl (C=O) groups excluding carboxylic acids is 1. The minimum atomic E-state index is -0.338. The van der Waals surface area contributed by atoms with Crippen molar-refractivity contribution in [2.24, 2.45) is 0 Å². The third-order valence-corrected chi connectivity index (χ3v) is 6.07. The van der Waals surface area contributed by atoms with Crippen molar-refractivity contribution in [1.29, 1.82) is 0 Å². The number of hydrogen-bond acceptors (Lipinski definition) is 6. The lowest BCUT2D eigenvalue weighted by atomic mass is 10.1. The number of aryl methyl sites for hydroxylation is 1. The zero-order valence-corrected chi connectivity index (χ0v) is 17.3. The standard InChI is InChI=1S/C19H25ClN4O3S/c1-2-14-9-18(27-23-14)22-19(26)21-8-7-15(12-25)24-10-17(11-24)28-16-5-3-13(20)4-6-16/h3-6,9,15,17,25H,2,7-8,10-12H2,1H3,(H2,21,22,26)/t15-/m0/s1. The molecule has 1 aromatic carbocycles. The summed E-state index contributed by atoms with van der Waals surface area (Å²) in [7, 11) is 0. The molecule has 0 bridgehead atoms. The molecule has 2 aromatic rings. The van der Waals surface area contributed by atoms with Gasteiger partial charge in [-0.15, -0.1) is 11.8 Å². The molecular formula is C19H25ClN4O3S. The van der Waals surface area contributed by atoms with E-state index < -0.39 is 0 Å². The molecule has 1 saturated heterocycles. The number of aromatic nitrogens is 1. The van der Waals surface area contributed by atoms with Crippen molar-refractivity contribution < 1.29 is 14.4 Å². The topological polar surface area (TPSA) is 90.6 Å². The second-order valence-corrected chi connectivity index (χ2v) is 8.50. The monoisotopic (exact) mass is 424 g/mol. The van der Waals surface area contributed by atoms with Crippen LogP contribution in [-0.2, 0) is 6.42 Å². The Morgan fingerprint density at radius 1 is 1.43 bits per heavy atom. The Kier molecular flexibility index (Phi) is 7.61. The number of nitrogens with one attached hydrogen (secondary N) is 2. The molecule has 0 radical (unpaired) electrons. The summed E-state index contributed by atoms with van der Waals surface area (Å²) in [6.45, 7) is 4.34. The molecule has 3 rings (SSSR count). The molecule has 1 atom stereocenters. The lowest BCUT2D eigenvalue weighted by Crippen LogP contribution is -2.55. The lowest BCUT2D eigenvalue weighted by molar-refractivity contribution is 0.0720. The number of aliphatic hydroxyl groups is 1. The van der Waals surface area contributed by atoms with Crippen molar-refractivity contribution in [1.82, 2.24) is 15.4 Å². The summed E-state index contributed by atoms with van der Waals surface area (Å²) in [6, 6.07) is 9.26. The van der Waals surface area contributed by atoms with Gasteiger partial charge in [0.05, 0.1) is 12.3 Å². The molecule has 0 saturated carbocycles. The number of carbonyl (C=O) groups is 1. The molecule has 152 valence electrons. The van der Waals surface area contributed by atoms with E-state index in [9.17, 15) is 9.90 Å². The quantitative estimate of drug-likeness (QED) is 0.572. The third kappa shape index (κ3) is 5.88.